The van der Waals surface area contributed by atoms with Gasteiger partial charge in [0.25, 0.3) is 0 Å². The van der Waals surface area contributed by atoms with Crippen LogP contribution >= 0.6 is 12.4 Å². The average molecular weight is 287 g/mol. The van der Waals surface area contributed by atoms with E-state index in [9.17, 15) is 4.79 Å². The van der Waals surface area contributed by atoms with Crippen LogP contribution in [0.1, 0.15) is 25.8 Å². The van der Waals surface area contributed by atoms with Gasteiger partial charge in [0.15, 0.2) is 0 Å². The van der Waals surface area contributed by atoms with Crippen LogP contribution in [0.5, 0.6) is 5.75 Å². The first-order valence-electron chi connectivity index (χ1n) is 6.37. The molecule has 0 aliphatic carbocycles. The number of carbonyl (C=O) groups excluding carboxylic acids is 1. The molecule has 0 radical (unpaired) electrons. The van der Waals surface area contributed by atoms with Gasteiger partial charge in [0.05, 0.1) is 6.61 Å². The molecule has 1 aromatic carbocycles. The van der Waals surface area contributed by atoms with E-state index < -0.39 is 0 Å². The molecule has 0 saturated carbocycles. The first-order valence-corrected chi connectivity index (χ1v) is 6.37. The smallest absolute Gasteiger partial charge is 0.220 e. The summed E-state index contributed by atoms with van der Waals surface area (Å²) in [6.07, 6.45) is 1.22. The third kappa shape index (κ3) is 7.03. The SMILES string of the molecule is CCOc1ccc(CCC(=O)N[C@@H](C)CN)cc1.Cl. The van der Waals surface area contributed by atoms with Crippen molar-refractivity contribution in [1.82, 2.24) is 5.32 Å². The van der Waals surface area contributed by atoms with E-state index in [4.69, 9.17) is 10.5 Å². The van der Waals surface area contributed by atoms with Gasteiger partial charge >= 0.3 is 0 Å². The molecule has 0 fully saturated rings. The Morgan fingerprint density at radius 1 is 1.37 bits per heavy atom. The molecule has 0 aromatic heterocycles. The first kappa shape index (κ1) is 17.7. The lowest BCUT2D eigenvalue weighted by Gasteiger charge is -2.11. The molecule has 19 heavy (non-hydrogen) atoms. The highest BCUT2D eigenvalue weighted by Crippen LogP contribution is 2.13. The van der Waals surface area contributed by atoms with Gasteiger partial charge in [-0.05, 0) is 38.0 Å². The van der Waals surface area contributed by atoms with E-state index in [2.05, 4.69) is 5.32 Å². The molecule has 0 aliphatic rings. The third-order valence-corrected chi connectivity index (χ3v) is 2.64. The summed E-state index contributed by atoms with van der Waals surface area (Å²) in [6.45, 7) is 4.99. The molecule has 1 atom stereocenters. The molecule has 1 rings (SSSR count). The van der Waals surface area contributed by atoms with Gasteiger partial charge in [-0.15, -0.1) is 12.4 Å². The normalized spacial score (nSPS) is 11.3. The topological polar surface area (TPSA) is 64.3 Å². The fourth-order valence-electron chi connectivity index (χ4n) is 1.58. The lowest BCUT2D eigenvalue weighted by molar-refractivity contribution is -0.121. The molecule has 1 aromatic rings. The molecule has 4 nitrogen and oxygen atoms in total. The summed E-state index contributed by atoms with van der Waals surface area (Å²) in [5, 5.41) is 2.84. The zero-order chi connectivity index (χ0) is 13.4. The number of benzene rings is 1. The Balaban J connectivity index is 0.00000324. The number of aryl methyl sites for hydroxylation is 1. The van der Waals surface area contributed by atoms with Crippen LogP contribution in [-0.2, 0) is 11.2 Å². The Hall–Kier alpha value is -1.26. The minimum atomic E-state index is 0. The van der Waals surface area contributed by atoms with Crippen molar-refractivity contribution >= 4 is 18.3 Å². The van der Waals surface area contributed by atoms with Gasteiger partial charge in [-0.25, -0.2) is 0 Å². The fraction of sp³-hybridized carbons (Fsp3) is 0.500. The zero-order valence-electron chi connectivity index (χ0n) is 11.5. The molecule has 1 amide bonds. The number of nitrogens with two attached hydrogens (primary N) is 1. The molecule has 0 aliphatic heterocycles. The second-order valence-electron chi connectivity index (χ2n) is 4.28. The molecular formula is C14H23ClN2O2. The van der Waals surface area contributed by atoms with Crippen molar-refractivity contribution in [3.63, 3.8) is 0 Å². The van der Waals surface area contributed by atoms with Gasteiger partial charge < -0.3 is 15.8 Å². The highest BCUT2D eigenvalue weighted by Gasteiger charge is 2.05. The van der Waals surface area contributed by atoms with E-state index in [1.54, 1.807) is 0 Å². The molecular weight excluding hydrogens is 264 g/mol. The second-order valence-corrected chi connectivity index (χ2v) is 4.28. The van der Waals surface area contributed by atoms with E-state index in [0.29, 0.717) is 19.6 Å². The molecule has 108 valence electrons. The Morgan fingerprint density at radius 2 is 2.00 bits per heavy atom. The van der Waals surface area contributed by atoms with Gasteiger partial charge in [0.2, 0.25) is 5.91 Å². The molecule has 3 N–H and O–H groups in total. The van der Waals surface area contributed by atoms with E-state index in [-0.39, 0.29) is 24.4 Å². The first-order chi connectivity index (χ1) is 8.65. The van der Waals surface area contributed by atoms with E-state index in [1.807, 2.05) is 38.1 Å². The number of rotatable bonds is 7. The van der Waals surface area contributed by atoms with Crippen molar-refractivity contribution in [2.75, 3.05) is 13.2 Å². The molecule has 0 saturated heterocycles. The Kier molecular flexibility index (Phi) is 9.00. The standard InChI is InChI=1S/C14H22N2O2.ClH/c1-3-18-13-7-4-12(5-8-13)6-9-14(17)16-11(2)10-15;/h4-5,7-8,11H,3,6,9-10,15H2,1-2H3,(H,16,17);1H/t11-;/m0./s1. The molecule has 0 heterocycles. The van der Waals surface area contributed by atoms with Crippen LogP contribution in [0.3, 0.4) is 0 Å². The number of amides is 1. The van der Waals surface area contributed by atoms with Crippen LogP contribution in [0.4, 0.5) is 0 Å². The Morgan fingerprint density at radius 3 is 2.53 bits per heavy atom. The van der Waals surface area contributed by atoms with Crippen LogP contribution in [0.2, 0.25) is 0 Å². The van der Waals surface area contributed by atoms with Crippen LogP contribution in [-0.4, -0.2) is 25.1 Å². The van der Waals surface area contributed by atoms with Crippen LogP contribution in [0.15, 0.2) is 24.3 Å². The van der Waals surface area contributed by atoms with Gasteiger partial charge in [0, 0.05) is 19.0 Å². The zero-order valence-corrected chi connectivity index (χ0v) is 12.3. The summed E-state index contributed by atoms with van der Waals surface area (Å²) >= 11 is 0. The Labute approximate surface area is 121 Å². The molecule has 0 unspecified atom stereocenters. The van der Waals surface area contributed by atoms with Crippen molar-refractivity contribution in [3.05, 3.63) is 29.8 Å². The number of hydrogen-bond donors (Lipinski definition) is 2. The van der Waals surface area contributed by atoms with Crippen LogP contribution < -0.4 is 15.8 Å². The number of carbonyl (C=O) groups is 1. The summed E-state index contributed by atoms with van der Waals surface area (Å²) in [7, 11) is 0. The highest BCUT2D eigenvalue weighted by molar-refractivity contribution is 5.85. The summed E-state index contributed by atoms with van der Waals surface area (Å²) in [5.41, 5.74) is 6.58. The monoisotopic (exact) mass is 286 g/mol. The second kappa shape index (κ2) is 9.64. The van der Waals surface area contributed by atoms with E-state index in [0.717, 1.165) is 17.7 Å². The molecule has 0 bridgehead atoms. The minimum Gasteiger partial charge on any atom is -0.494 e. The maximum absolute atomic E-state index is 11.6. The Bertz CT molecular complexity index is 368. The third-order valence-electron chi connectivity index (χ3n) is 2.64. The van der Waals surface area contributed by atoms with Crippen molar-refractivity contribution < 1.29 is 9.53 Å². The fourth-order valence-corrected chi connectivity index (χ4v) is 1.58. The molecule has 0 spiro atoms. The van der Waals surface area contributed by atoms with Gasteiger partial charge in [-0.3, -0.25) is 4.79 Å². The maximum atomic E-state index is 11.6. The van der Waals surface area contributed by atoms with E-state index in [1.165, 1.54) is 0 Å². The largest absolute Gasteiger partial charge is 0.494 e. The maximum Gasteiger partial charge on any atom is 0.220 e. The number of ether oxygens (including phenoxy) is 1. The average Bonchev–Trinajstić information content (AvgIpc) is 2.38. The predicted molar refractivity (Wildman–Crippen MR) is 79.8 cm³/mol. The number of hydrogen-bond acceptors (Lipinski definition) is 3. The number of nitrogens with one attached hydrogen (secondary N) is 1. The number of halogens is 1. The predicted octanol–water partition coefficient (Wildman–Crippen LogP) is 1.90. The minimum absolute atomic E-state index is 0. The van der Waals surface area contributed by atoms with Gasteiger partial charge in [-0.2, -0.15) is 0 Å². The molecule has 5 heteroatoms. The van der Waals surface area contributed by atoms with Crippen LogP contribution in [0.25, 0.3) is 0 Å². The lowest BCUT2D eigenvalue weighted by Crippen LogP contribution is -2.37. The summed E-state index contributed by atoms with van der Waals surface area (Å²) in [4.78, 5) is 11.6. The van der Waals surface area contributed by atoms with Crippen molar-refractivity contribution in [1.29, 1.82) is 0 Å². The summed E-state index contributed by atoms with van der Waals surface area (Å²) < 4.78 is 5.36. The highest BCUT2D eigenvalue weighted by atomic mass is 35.5. The van der Waals surface area contributed by atoms with Gasteiger partial charge in [0.1, 0.15) is 5.75 Å². The van der Waals surface area contributed by atoms with Crippen molar-refractivity contribution in [3.8, 4) is 5.75 Å². The van der Waals surface area contributed by atoms with E-state index >= 15 is 0 Å². The van der Waals surface area contributed by atoms with Crippen LogP contribution in [0, 0.1) is 0 Å². The summed E-state index contributed by atoms with van der Waals surface area (Å²) in [6, 6.07) is 7.88. The lowest BCUT2D eigenvalue weighted by atomic mass is 10.1. The van der Waals surface area contributed by atoms with Gasteiger partial charge in [-0.1, -0.05) is 12.1 Å². The van der Waals surface area contributed by atoms with Crippen molar-refractivity contribution in [2.24, 2.45) is 5.73 Å². The quantitative estimate of drug-likeness (QED) is 0.805. The summed E-state index contributed by atoms with van der Waals surface area (Å²) in [5.74, 6) is 0.907. The van der Waals surface area contributed by atoms with Crippen molar-refractivity contribution in [2.45, 2.75) is 32.7 Å².